The van der Waals surface area contributed by atoms with Crippen LogP contribution >= 0.6 is 0 Å². The summed E-state index contributed by atoms with van der Waals surface area (Å²) in [6.45, 7) is 0. The van der Waals surface area contributed by atoms with Crippen LogP contribution in [0.3, 0.4) is 0 Å². The first-order chi connectivity index (χ1) is 9.65. The predicted octanol–water partition coefficient (Wildman–Crippen LogP) is 2.21. The van der Waals surface area contributed by atoms with Crippen molar-refractivity contribution in [3.63, 3.8) is 0 Å². The Balaban J connectivity index is 2.53. The molecule has 2 aromatic rings. The Kier molecular flexibility index (Phi) is 3.72. The topological polar surface area (TPSA) is 103 Å². The van der Waals surface area contributed by atoms with Gasteiger partial charge in [-0.1, -0.05) is 18.2 Å². The van der Waals surface area contributed by atoms with Crippen LogP contribution in [0.25, 0.3) is 0 Å². The number of nitrogens with zero attached hydrogens (tertiary/aromatic N) is 2. The van der Waals surface area contributed by atoms with Crippen molar-refractivity contribution in [1.82, 2.24) is 4.98 Å². The van der Waals surface area contributed by atoms with E-state index in [1.165, 1.54) is 0 Å². The summed E-state index contributed by atoms with van der Waals surface area (Å²) >= 11 is 0. The molecule has 0 aliphatic carbocycles. The molecule has 0 aliphatic rings. The van der Waals surface area contributed by atoms with Crippen LogP contribution in [0.15, 0.2) is 36.4 Å². The SMILES string of the molecule is N#Cc1cc(C(=O)O)c(Nc2ccccc2)nc1C=O. The van der Waals surface area contributed by atoms with Crippen LogP contribution in [-0.2, 0) is 0 Å². The molecule has 0 spiro atoms. The molecular weight excluding hydrogens is 258 g/mol. The van der Waals surface area contributed by atoms with Gasteiger partial charge in [0.15, 0.2) is 6.29 Å². The van der Waals surface area contributed by atoms with Crippen LogP contribution < -0.4 is 5.32 Å². The molecule has 0 saturated carbocycles. The first kappa shape index (κ1) is 13.2. The lowest BCUT2D eigenvalue weighted by atomic mass is 10.1. The molecule has 6 heteroatoms. The Morgan fingerprint density at radius 3 is 2.60 bits per heavy atom. The van der Waals surface area contributed by atoms with Gasteiger partial charge in [-0.25, -0.2) is 9.78 Å². The molecule has 1 heterocycles. The largest absolute Gasteiger partial charge is 0.478 e. The molecule has 0 bridgehead atoms. The summed E-state index contributed by atoms with van der Waals surface area (Å²) in [7, 11) is 0. The standard InChI is InChI=1S/C14H9N3O3/c15-7-9-6-11(14(19)20)13(17-12(9)8-18)16-10-4-2-1-3-5-10/h1-6,8H,(H,16,17)(H,19,20). The number of nitriles is 1. The maximum absolute atomic E-state index is 11.2. The Labute approximate surface area is 114 Å². The maximum Gasteiger partial charge on any atom is 0.339 e. The van der Waals surface area contributed by atoms with E-state index in [0.717, 1.165) is 6.07 Å². The fourth-order valence-electron chi connectivity index (χ4n) is 1.62. The number of hydrogen-bond donors (Lipinski definition) is 2. The van der Waals surface area contributed by atoms with Crippen LogP contribution in [-0.4, -0.2) is 22.3 Å². The second kappa shape index (κ2) is 5.63. The summed E-state index contributed by atoms with van der Waals surface area (Å²) in [6, 6.07) is 11.7. The summed E-state index contributed by atoms with van der Waals surface area (Å²) in [5, 5.41) is 20.8. The van der Waals surface area contributed by atoms with Crippen LogP contribution in [0.1, 0.15) is 26.4 Å². The first-order valence-corrected chi connectivity index (χ1v) is 5.61. The van der Waals surface area contributed by atoms with Crippen molar-refractivity contribution < 1.29 is 14.7 Å². The molecular formula is C14H9N3O3. The number of carbonyl (C=O) groups excluding carboxylic acids is 1. The van der Waals surface area contributed by atoms with Gasteiger partial charge in [-0.15, -0.1) is 0 Å². The summed E-state index contributed by atoms with van der Waals surface area (Å²) in [5.41, 5.74) is 0.284. The monoisotopic (exact) mass is 267 g/mol. The fourth-order valence-corrected chi connectivity index (χ4v) is 1.62. The van der Waals surface area contributed by atoms with Crippen LogP contribution in [0, 0.1) is 11.3 Å². The zero-order valence-electron chi connectivity index (χ0n) is 10.2. The molecule has 0 fully saturated rings. The second-order valence-corrected chi connectivity index (χ2v) is 3.84. The fraction of sp³-hybridized carbons (Fsp3) is 0. The molecule has 0 radical (unpaired) electrons. The number of benzene rings is 1. The number of carboxylic acids is 1. The second-order valence-electron chi connectivity index (χ2n) is 3.84. The summed E-state index contributed by atoms with van der Waals surface area (Å²) in [4.78, 5) is 26.0. The van der Waals surface area contributed by atoms with Crippen LogP contribution in [0.2, 0.25) is 0 Å². The lowest BCUT2D eigenvalue weighted by molar-refractivity contribution is 0.0697. The van der Waals surface area contributed by atoms with Crippen molar-refractivity contribution in [3.8, 4) is 6.07 Å². The van der Waals surface area contributed by atoms with Gasteiger partial charge in [0.1, 0.15) is 23.1 Å². The smallest absolute Gasteiger partial charge is 0.339 e. The average molecular weight is 267 g/mol. The van der Waals surface area contributed by atoms with E-state index >= 15 is 0 Å². The number of aromatic carboxylic acids is 1. The van der Waals surface area contributed by atoms with Crippen molar-refractivity contribution >= 4 is 23.8 Å². The molecule has 1 aromatic carbocycles. The normalized spacial score (nSPS) is 9.55. The molecule has 1 aromatic heterocycles. The van der Waals surface area contributed by atoms with E-state index in [9.17, 15) is 9.59 Å². The molecule has 20 heavy (non-hydrogen) atoms. The van der Waals surface area contributed by atoms with Gasteiger partial charge < -0.3 is 10.4 Å². The van der Waals surface area contributed by atoms with Gasteiger partial charge in [0.25, 0.3) is 0 Å². The molecule has 0 amide bonds. The van der Waals surface area contributed by atoms with Crippen molar-refractivity contribution in [3.05, 3.63) is 53.2 Å². The third kappa shape index (κ3) is 2.62. The molecule has 0 unspecified atom stereocenters. The highest BCUT2D eigenvalue weighted by Gasteiger charge is 2.16. The highest BCUT2D eigenvalue weighted by atomic mass is 16.4. The number of rotatable bonds is 4. The summed E-state index contributed by atoms with van der Waals surface area (Å²) in [5.74, 6) is -1.21. The van der Waals surface area contributed by atoms with E-state index in [-0.39, 0.29) is 22.6 Å². The number of aromatic nitrogens is 1. The summed E-state index contributed by atoms with van der Waals surface area (Å²) in [6.07, 6.45) is 0.417. The summed E-state index contributed by atoms with van der Waals surface area (Å²) < 4.78 is 0. The highest BCUT2D eigenvalue weighted by Crippen LogP contribution is 2.21. The van der Waals surface area contributed by atoms with E-state index in [0.29, 0.717) is 12.0 Å². The van der Waals surface area contributed by atoms with Crippen molar-refractivity contribution in [1.29, 1.82) is 5.26 Å². The Morgan fingerprint density at radius 1 is 1.35 bits per heavy atom. The Morgan fingerprint density at radius 2 is 2.05 bits per heavy atom. The molecule has 2 N–H and O–H groups in total. The van der Waals surface area contributed by atoms with E-state index in [4.69, 9.17) is 10.4 Å². The van der Waals surface area contributed by atoms with Gasteiger partial charge in [-0.05, 0) is 18.2 Å². The number of hydrogen-bond acceptors (Lipinski definition) is 5. The van der Waals surface area contributed by atoms with Gasteiger partial charge in [-0.3, -0.25) is 4.79 Å². The number of carboxylic acid groups (broad SMARTS) is 1. The lowest BCUT2D eigenvalue weighted by Crippen LogP contribution is -2.08. The first-order valence-electron chi connectivity index (χ1n) is 5.61. The third-order valence-corrected chi connectivity index (χ3v) is 2.55. The Bertz CT molecular complexity index is 706. The Hall–Kier alpha value is -3.20. The van der Waals surface area contributed by atoms with Gasteiger partial charge >= 0.3 is 5.97 Å². The number of nitrogens with one attached hydrogen (secondary N) is 1. The zero-order chi connectivity index (χ0) is 14.5. The van der Waals surface area contributed by atoms with E-state index in [2.05, 4.69) is 10.3 Å². The molecule has 0 aliphatic heterocycles. The van der Waals surface area contributed by atoms with Crippen molar-refractivity contribution in [2.75, 3.05) is 5.32 Å². The number of aldehydes is 1. The van der Waals surface area contributed by atoms with Crippen molar-refractivity contribution in [2.24, 2.45) is 0 Å². The van der Waals surface area contributed by atoms with Crippen LogP contribution in [0.4, 0.5) is 11.5 Å². The van der Waals surface area contributed by atoms with Gasteiger partial charge in [0.2, 0.25) is 0 Å². The molecule has 98 valence electrons. The lowest BCUT2D eigenvalue weighted by Gasteiger charge is -2.09. The highest BCUT2D eigenvalue weighted by molar-refractivity contribution is 5.95. The number of anilines is 2. The molecule has 0 saturated heterocycles. The van der Waals surface area contributed by atoms with Crippen LogP contribution in [0.5, 0.6) is 0 Å². The zero-order valence-corrected chi connectivity index (χ0v) is 10.2. The van der Waals surface area contributed by atoms with E-state index < -0.39 is 5.97 Å². The van der Waals surface area contributed by atoms with Crippen molar-refractivity contribution in [2.45, 2.75) is 0 Å². The van der Waals surface area contributed by atoms with Gasteiger partial charge in [0, 0.05) is 5.69 Å². The van der Waals surface area contributed by atoms with E-state index in [1.807, 2.05) is 6.07 Å². The third-order valence-electron chi connectivity index (χ3n) is 2.55. The average Bonchev–Trinajstić information content (AvgIpc) is 2.47. The quantitative estimate of drug-likeness (QED) is 0.823. The van der Waals surface area contributed by atoms with Gasteiger partial charge in [0.05, 0.1) is 5.56 Å². The number of carbonyl (C=O) groups is 2. The van der Waals surface area contributed by atoms with E-state index in [1.54, 1.807) is 30.3 Å². The predicted molar refractivity (Wildman–Crippen MR) is 71.0 cm³/mol. The number of para-hydroxylation sites is 1. The minimum absolute atomic E-state index is 0.0183. The minimum atomic E-state index is -1.23. The minimum Gasteiger partial charge on any atom is -0.478 e. The molecule has 2 rings (SSSR count). The number of pyridine rings is 1. The molecule has 0 atom stereocenters. The maximum atomic E-state index is 11.2. The van der Waals surface area contributed by atoms with Gasteiger partial charge in [-0.2, -0.15) is 5.26 Å². The molecule has 6 nitrogen and oxygen atoms in total.